The molecule has 1 N–H and O–H groups in total. The Hall–Kier alpha value is -1.79. The number of hydrogen-bond donors (Lipinski definition) is 1. The van der Waals surface area contributed by atoms with E-state index < -0.39 is 5.60 Å². The van der Waals surface area contributed by atoms with Gasteiger partial charge in [-0.15, -0.1) is 11.3 Å². The van der Waals surface area contributed by atoms with Gasteiger partial charge in [-0.05, 0) is 32.9 Å². The molecule has 0 aliphatic carbocycles. The van der Waals surface area contributed by atoms with Crippen molar-refractivity contribution in [3.05, 3.63) is 35.5 Å². The van der Waals surface area contributed by atoms with Crippen molar-refractivity contribution < 1.29 is 9.90 Å². The smallest absolute Gasteiger partial charge is 0.228 e. The molecule has 118 valence electrons. The van der Waals surface area contributed by atoms with Gasteiger partial charge in [0.15, 0.2) is 0 Å². The summed E-state index contributed by atoms with van der Waals surface area (Å²) < 4.78 is 0. The average molecular weight is 319 g/mol. The summed E-state index contributed by atoms with van der Waals surface area (Å²) in [6.07, 6.45) is 1.95. The van der Waals surface area contributed by atoms with E-state index in [0.29, 0.717) is 0 Å². The molecule has 0 fully saturated rings. The number of carbonyl (C=O) groups excluding carboxylic acids is 1. The third-order valence-corrected chi connectivity index (χ3v) is 4.68. The first kappa shape index (κ1) is 16.6. The second-order valence-electron chi connectivity index (χ2n) is 5.87. The zero-order chi connectivity index (χ0) is 16.3. The summed E-state index contributed by atoms with van der Waals surface area (Å²) in [5.74, 6) is -0.0625. The minimum absolute atomic E-state index is 0.0625. The predicted molar refractivity (Wildman–Crippen MR) is 87.6 cm³/mol. The molecule has 0 spiro atoms. The van der Waals surface area contributed by atoms with Gasteiger partial charge in [-0.25, -0.2) is 4.98 Å². The average Bonchev–Trinajstić information content (AvgIpc) is 2.94. The van der Waals surface area contributed by atoms with Crippen LogP contribution in [0.15, 0.2) is 29.8 Å². The molecule has 2 aromatic heterocycles. The molecule has 0 aromatic carbocycles. The molecule has 0 aliphatic heterocycles. The lowest BCUT2D eigenvalue weighted by atomic mass is 9.99. The Labute approximate surface area is 134 Å². The van der Waals surface area contributed by atoms with Gasteiger partial charge in [0.2, 0.25) is 5.91 Å². The summed E-state index contributed by atoms with van der Waals surface area (Å²) in [6.45, 7) is 5.23. The number of nitrogens with zero attached hydrogens (tertiary/aromatic N) is 3. The van der Waals surface area contributed by atoms with Gasteiger partial charge >= 0.3 is 0 Å². The fourth-order valence-electron chi connectivity index (χ4n) is 1.96. The highest BCUT2D eigenvalue weighted by Gasteiger charge is 2.29. The molecule has 22 heavy (non-hydrogen) atoms. The Morgan fingerprint density at radius 1 is 1.45 bits per heavy atom. The Morgan fingerprint density at radius 3 is 2.77 bits per heavy atom. The van der Waals surface area contributed by atoms with E-state index in [-0.39, 0.29) is 18.4 Å². The van der Waals surface area contributed by atoms with Crippen LogP contribution in [0.1, 0.15) is 26.5 Å². The van der Waals surface area contributed by atoms with Gasteiger partial charge in [0, 0.05) is 18.6 Å². The molecule has 1 atom stereocenters. The minimum atomic E-state index is -0.939. The third-order valence-electron chi connectivity index (χ3n) is 3.76. The molecule has 0 bridgehead atoms. The zero-order valence-corrected chi connectivity index (χ0v) is 14.1. The van der Waals surface area contributed by atoms with Crippen molar-refractivity contribution >= 4 is 17.2 Å². The van der Waals surface area contributed by atoms with E-state index >= 15 is 0 Å². The summed E-state index contributed by atoms with van der Waals surface area (Å²) >= 11 is 1.48. The molecule has 0 saturated carbocycles. The number of aromatic nitrogens is 2. The molecule has 2 heterocycles. The van der Waals surface area contributed by atoms with Gasteiger partial charge in [-0.1, -0.05) is 6.07 Å². The van der Waals surface area contributed by atoms with E-state index in [4.69, 9.17) is 0 Å². The molecule has 2 aromatic rings. The van der Waals surface area contributed by atoms with Gasteiger partial charge in [-0.3, -0.25) is 9.78 Å². The maximum absolute atomic E-state index is 12.3. The number of aliphatic hydroxyl groups is 1. The molecule has 0 radical (unpaired) electrons. The topological polar surface area (TPSA) is 66.3 Å². The number of hydrogen-bond acceptors (Lipinski definition) is 5. The third kappa shape index (κ3) is 3.90. The maximum Gasteiger partial charge on any atom is 0.228 e. The fraction of sp³-hybridized carbons (Fsp3) is 0.438. The van der Waals surface area contributed by atoms with E-state index in [9.17, 15) is 9.90 Å². The lowest BCUT2D eigenvalue weighted by Crippen LogP contribution is -2.48. The fourth-order valence-corrected chi connectivity index (χ4v) is 2.76. The number of carbonyl (C=O) groups is 1. The lowest BCUT2D eigenvalue weighted by molar-refractivity contribution is -0.135. The normalized spacial score (nSPS) is 13.0. The van der Waals surface area contributed by atoms with Gasteiger partial charge in [-0.2, -0.15) is 0 Å². The Bertz CT molecular complexity index is 634. The molecular weight excluding hydrogens is 298 g/mol. The zero-order valence-electron chi connectivity index (χ0n) is 13.3. The van der Waals surface area contributed by atoms with Gasteiger partial charge in [0.1, 0.15) is 5.01 Å². The number of likely N-dealkylation sites (N-methyl/N-ethyl adjacent to an activating group) is 1. The first-order chi connectivity index (χ1) is 10.3. The summed E-state index contributed by atoms with van der Waals surface area (Å²) in [5.41, 5.74) is 0.598. The van der Waals surface area contributed by atoms with Crippen molar-refractivity contribution in [3.63, 3.8) is 0 Å². The predicted octanol–water partition coefficient (Wildman–Crippen LogP) is 2.37. The minimum Gasteiger partial charge on any atom is -0.388 e. The highest BCUT2D eigenvalue weighted by atomic mass is 32.1. The number of amides is 1. The van der Waals surface area contributed by atoms with Crippen LogP contribution in [0, 0.1) is 0 Å². The van der Waals surface area contributed by atoms with E-state index in [2.05, 4.69) is 9.97 Å². The van der Waals surface area contributed by atoms with Crippen LogP contribution in [0.4, 0.5) is 0 Å². The van der Waals surface area contributed by atoms with Crippen LogP contribution < -0.4 is 0 Å². The standard InChI is InChI=1S/C16H21N3O2S/c1-11(16(2,3)21)19(4)14(20)9-12-10-22-15(18-12)13-7-5-6-8-17-13/h5-8,10-11,21H,9H2,1-4H3/t11-/m0/s1. The molecule has 0 unspecified atom stereocenters. The number of thiazole rings is 1. The van der Waals surface area contributed by atoms with E-state index in [0.717, 1.165) is 16.4 Å². The van der Waals surface area contributed by atoms with Crippen LogP contribution in [0.3, 0.4) is 0 Å². The van der Waals surface area contributed by atoms with E-state index in [1.807, 2.05) is 30.5 Å². The molecule has 0 aliphatic rings. The van der Waals surface area contributed by atoms with E-state index in [1.54, 1.807) is 32.0 Å². The SMILES string of the molecule is C[C@H](N(C)C(=O)Cc1csc(-c2ccccn2)n1)C(C)(C)O. The number of rotatable bonds is 5. The van der Waals surface area contributed by atoms with Crippen molar-refractivity contribution in [3.8, 4) is 10.7 Å². The largest absolute Gasteiger partial charge is 0.388 e. The van der Waals surface area contributed by atoms with Crippen molar-refractivity contribution in [1.29, 1.82) is 0 Å². The van der Waals surface area contributed by atoms with E-state index in [1.165, 1.54) is 11.3 Å². The molecule has 2 rings (SSSR count). The second kappa shape index (κ2) is 6.54. The van der Waals surface area contributed by atoms with Crippen molar-refractivity contribution in [1.82, 2.24) is 14.9 Å². The van der Waals surface area contributed by atoms with Crippen molar-refractivity contribution in [2.24, 2.45) is 0 Å². The molecule has 5 nitrogen and oxygen atoms in total. The summed E-state index contributed by atoms with van der Waals surface area (Å²) in [6, 6.07) is 5.39. The molecule has 6 heteroatoms. The highest BCUT2D eigenvalue weighted by molar-refractivity contribution is 7.13. The Morgan fingerprint density at radius 2 is 2.18 bits per heavy atom. The van der Waals surface area contributed by atoms with Gasteiger partial charge in [0.25, 0.3) is 0 Å². The maximum atomic E-state index is 12.3. The van der Waals surface area contributed by atoms with Crippen LogP contribution in [0.25, 0.3) is 10.7 Å². The lowest BCUT2D eigenvalue weighted by Gasteiger charge is -2.34. The van der Waals surface area contributed by atoms with Gasteiger partial charge < -0.3 is 10.0 Å². The molecular formula is C16H21N3O2S. The number of pyridine rings is 1. The summed E-state index contributed by atoms with van der Waals surface area (Å²) in [5, 5.41) is 12.7. The van der Waals surface area contributed by atoms with Crippen molar-refractivity contribution in [2.45, 2.75) is 38.8 Å². The first-order valence-corrected chi connectivity index (χ1v) is 8.01. The quantitative estimate of drug-likeness (QED) is 0.919. The summed E-state index contributed by atoms with van der Waals surface area (Å²) in [4.78, 5) is 22.6. The highest BCUT2D eigenvalue weighted by Crippen LogP contribution is 2.22. The molecule has 1 amide bonds. The van der Waals surface area contributed by atoms with Crippen LogP contribution in [-0.4, -0.2) is 44.6 Å². The summed E-state index contributed by atoms with van der Waals surface area (Å²) in [7, 11) is 1.71. The Kier molecular flexibility index (Phi) is 4.93. The first-order valence-electron chi connectivity index (χ1n) is 7.13. The van der Waals surface area contributed by atoms with Crippen LogP contribution >= 0.6 is 11.3 Å². The van der Waals surface area contributed by atoms with Crippen LogP contribution in [0.2, 0.25) is 0 Å². The van der Waals surface area contributed by atoms with Crippen molar-refractivity contribution in [2.75, 3.05) is 7.05 Å². The second-order valence-corrected chi connectivity index (χ2v) is 6.73. The van der Waals surface area contributed by atoms with Crippen LogP contribution in [-0.2, 0) is 11.2 Å². The molecule has 0 saturated heterocycles. The monoisotopic (exact) mass is 319 g/mol. The Balaban J connectivity index is 2.06. The van der Waals surface area contributed by atoms with Gasteiger partial charge in [0.05, 0.1) is 29.5 Å². The van der Waals surface area contributed by atoms with Crippen LogP contribution in [0.5, 0.6) is 0 Å².